The van der Waals surface area contributed by atoms with E-state index in [1.165, 1.54) is 31.4 Å². The van der Waals surface area contributed by atoms with Crippen molar-refractivity contribution in [3.8, 4) is 6.07 Å². The van der Waals surface area contributed by atoms with Crippen LogP contribution in [0, 0.1) is 17.2 Å². The molecule has 0 bridgehead atoms. The van der Waals surface area contributed by atoms with E-state index in [0.717, 1.165) is 5.82 Å². The molecule has 0 radical (unpaired) electrons. The van der Waals surface area contributed by atoms with Gasteiger partial charge in [-0.15, -0.1) is 0 Å². The number of imidazole rings is 1. The lowest BCUT2D eigenvalue weighted by molar-refractivity contribution is 0.563. The third kappa shape index (κ3) is 2.11. The highest BCUT2D eigenvalue weighted by molar-refractivity contribution is 5.16. The zero-order valence-electron chi connectivity index (χ0n) is 10.0. The highest BCUT2D eigenvalue weighted by atomic mass is 14.9. The first-order valence-corrected chi connectivity index (χ1v) is 6.16. The standard InChI is InChI=1S/C13H19N3/c1-9(2)11(7-14)13-15-8-12(16-13)10-5-3-4-6-10/h8-11H,3-6H2,1-2H3,(H,15,16). The summed E-state index contributed by atoms with van der Waals surface area (Å²) in [7, 11) is 0. The van der Waals surface area contributed by atoms with Crippen LogP contribution in [0.5, 0.6) is 0 Å². The summed E-state index contributed by atoms with van der Waals surface area (Å²) in [4.78, 5) is 7.73. The van der Waals surface area contributed by atoms with Gasteiger partial charge in [-0.05, 0) is 18.8 Å². The van der Waals surface area contributed by atoms with Crippen LogP contribution in [0.1, 0.15) is 62.9 Å². The van der Waals surface area contributed by atoms with Crippen molar-refractivity contribution in [1.82, 2.24) is 9.97 Å². The summed E-state index contributed by atoms with van der Waals surface area (Å²) >= 11 is 0. The maximum Gasteiger partial charge on any atom is 0.123 e. The van der Waals surface area contributed by atoms with Crippen LogP contribution >= 0.6 is 0 Å². The molecule has 3 nitrogen and oxygen atoms in total. The van der Waals surface area contributed by atoms with E-state index in [4.69, 9.17) is 5.26 Å². The van der Waals surface area contributed by atoms with E-state index in [1.54, 1.807) is 0 Å². The Morgan fingerprint density at radius 1 is 1.44 bits per heavy atom. The molecular weight excluding hydrogens is 198 g/mol. The van der Waals surface area contributed by atoms with Gasteiger partial charge in [-0.25, -0.2) is 4.98 Å². The summed E-state index contributed by atoms with van der Waals surface area (Å²) in [5.41, 5.74) is 1.23. The fraction of sp³-hybridized carbons (Fsp3) is 0.692. The molecule has 1 saturated carbocycles. The van der Waals surface area contributed by atoms with Crippen molar-refractivity contribution in [1.29, 1.82) is 5.26 Å². The van der Waals surface area contributed by atoms with Crippen molar-refractivity contribution in [3.05, 3.63) is 17.7 Å². The Balaban J connectivity index is 2.15. The molecule has 1 aromatic heterocycles. The number of aromatic amines is 1. The zero-order chi connectivity index (χ0) is 11.5. The second-order valence-electron chi connectivity index (χ2n) is 5.06. The van der Waals surface area contributed by atoms with Gasteiger partial charge in [-0.3, -0.25) is 0 Å². The number of nitrogens with one attached hydrogen (secondary N) is 1. The number of hydrogen-bond donors (Lipinski definition) is 1. The number of H-pyrrole nitrogens is 1. The van der Waals surface area contributed by atoms with Crippen molar-refractivity contribution >= 4 is 0 Å². The monoisotopic (exact) mass is 217 g/mol. The van der Waals surface area contributed by atoms with E-state index < -0.39 is 0 Å². The van der Waals surface area contributed by atoms with Gasteiger partial charge in [0, 0.05) is 17.8 Å². The first-order valence-electron chi connectivity index (χ1n) is 6.16. The Morgan fingerprint density at radius 3 is 2.69 bits per heavy atom. The van der Waals surface area contributed by atoms with Gasteiger partial charge in [0.2, 0.25) is 0 Å². The van der Waals surface area contributed by atoms with Gasteiger partial charge in [0.1, 0.15) is 11.7 Å². The van der Waals surface area contributed by atoms with Gasteiger partial charge < -0.3 is 4.98 Å². The maximum absolute atomic E-state index is 9.11. The minimum atomic E-state index is -0.102. The molecule has 0 amide bonds. The Morgan fingerprint density at radius 2 is 2.12 bits per heavy atom. The molecule has 1 atom stereocenters. The Hall–Kier alpha value is -1.30. The van der Waals surface area contributed by atoms with Gasteiger partial charge >= 0.3 is 0 Å². The largest absolute Gasteiger partial charge is 0.345 e. The van der Waals surface area contributed by atoms with E-state index >= 15 is 0 Å². The zero-order valence-corrected chi connectivity index (χ0v) is 10.0. The highest BCUT2D eigenvalue weighted by Gasteiger charge is 2.22. The molecule has 1 aliphatic carbocycles. The van der Waals surface area contributed by atoms with Crippen molar-refractivity contribution < 1.29 is 0 Å². The molecule has 1 heterocycles. The predicted molar refractivity (Wildman–Crippen MR) is 63.0 cm³/mol. The van der Waals surface area contributed by atoms with Gasteiger partial charge in [-0.2, -0.15) is 5.26 Å². The number of nitriles is 1. The maximum atomic E-state index is 9.11. The topological polar surface area (TPSA) is 52.5 Å². The summed E-state index contributed by atoms with van der Waals surface area (Å²) in [6.07, 6.45) is 7.11. The fourth-order valence-electron chi connectivity index (χ4n) is 2.48. The summed E-state index contributed by atoms with van der Waals surface area (Å²) < 4.78 is 0. The molecule has 2 rings (SSSR count). The van der Waals surface area contributed by atoms with Crippen LogP contribution in [0.4, 0.5) is 0 Å². The third-order valence-electron chi connectivity index (χ3n) is 3.51. The Bertz CT molecular complexity index is 380. The van der Waals surface area contributed by atoms with Gasteiger partial charge in [0.25, 0.3) is 0 Å². The van der Waals surface area contributed by atoms with Crippen LogP contribution < -0.4 is 0 Å². The second kappa shape index (κ2) is 4.69. The van der Waals surface area contributed by atoms with Crippen LogP contribution in [0.15, 0.2) is 6.20 Å². The van der Waals surface area contributed by atoms with E-state index in [1.807, 2.05) is 6.20 Å². The molecule has 0 aromatic carbocycles. The van der Waals surface area contributed by atoms with Crippen LogP contribution in [-0.4, -0.2) is 9.97 Å². The third-order valence-corrected chi connectivity index (χ3v) is 3.51. The molecule has 0 spiro atoms. The quantitative estimate of drug-likeness (QED) is 0.844. The minimum absolute atomic E-state index is 0.102. The molecule has 0 aliphatic heterocycles. The molecule has 0 saturated heterocycles. The minimum Gasteiger partial charge on any atom is -0.345 e. The normalized spacial score (nSPS) is 18.9. The van der Waals surface area contributed by atoms with Crippen molar-refractivity contribution in [2.75, 3.05) is 0 Å². The molecule has 1 N–H and O–H groups in total. The van der Waals surface area contributed by atoms with E-state index in [9.17, 15) is 0 Å². The van der Waals surface area contributed by atoms with Gasteiger partial charge in [-0.1, -0.05) is 26.7 Å². The van der Waals surface area contributed by atoms with Gasteiger partial charge in [0.05, 0.1) is 6.07 Å². The predicted octanol–water partition coefficient (Wildman–Crippen LogP) is 3.33. The van der Waals surface area contributed by atoms with E-state index in [2.05, 4.69) is 29.9 Å². The summed E-state index contributed by atoms with van der Waals surface area (Å²) in [5.74, 6) is 1.70. The molecule has 1 unspecified atom stereocenters. The fourth-order valence-corrected chi connectivity index (χ4v) is 2.48. The Kier molecular flexibility index (Phi) is 3.28. The van der Waals surface area contributed by atoms with Crippen molar-refractivity contribution in [2.45, 2.75) is 51.4 Å². The molecule has 1 fully saturated rings. The number of hydrogen-bond acceptors (Lipinski definition) is 2. The second-order valence-corrected chi connectivity index (χ2v) is 5.06. The molecule has 16 heavy (non-hydrogen) atoms. The molecule has 86 valence electrons. The molecule has 1 aliphatic rings. The lowest BCUT2D eigenvalue weighted by Crippen LogP contribution is -2.06. The SMILES string of the molecule is CC(C)C(C#N)c1ncc(C2CCCC2)[nH]1. The van der Waals surface area contributed by atoms with Crippen LogP contribution in [0.25, 0.3) is 0 Å². The van der Waals surface area contributed by atoms with Crippen molar-refractivity contribution in [2.24, 2.45) is 5.92 Å². The molecule has 3 heteroatoms. The lowest BCUT2D eigenvalue weighted by atomic mass is 9.97. The van der Waals surface area contributed by atoms with E-state index in [-0.39, 0.29) is 5.92 Å². The molecular formula is C13H19N3. The average molecular weight is 217 g/mol. The smallest absolute Gasteiger partial charge is 0.123 e. The number of aromatic nitrogens is 2. The van der Waals surface area contributed by atoms with Crippen LogP contribution in [0.2, 0.25) is 0 Å². The first kappa shape index (κ1) is 11.2. The average Bonchev–Trinajstić information content (AvgIpc) is 2.86. The number of nitrogens with zero attached hydrogens (tertiary/aromatic N) is 2. The van der Waals surface area contributed by atoms with Crippen molar-refractivity contribution in [3.63, 3.8) is 0 Å². The summed E-state index contributed by atoms with van der Waals surface area (Å²) in [5, 5.41) is 9.11. The number of rotatable bonds is 3. The first-order chi connectivity index (χ1) is 7.72. The van der Waals surface area contributed by atoms with Crippen LogP contribution in [0.3, 0.4) is 0 Å². The van der Waals surface area contributed by atoms with E-state index in [0.29, 0.717) is 11.8 Å². The van der Waals surface area contributed by atoms with Crippen LogP contribution in [-0.2, 0) is 0 Å². The summed E-state index contributed by atoms with van der Waals surface area (Å²) in [6.45, 7) is 4.12. The summed E-state index contributed by atoms with van der Waals surface area (Å²) in [6, 6.07) is 2.33. The Labute approximate surface area is 96.9 Å². The molecule has 1 aromatic rings. The van der Waals surface area contributed by atoms with Gasteiger partial charge in [0.15, 0.2) is 0 Å². The lowest BCUT2D eigenvalue weighted by Gasteiger charge is -2.10. The highest BCUT2D eigenvalue weighted by Crippen LogP contribution is 2.33.